The fourth-order valence-corrected chi connectivity index (χ4v) is 4.81. The zero-order chi connectivity index (χ0) is 19.6. The molecule has 7 heteroatoms. The zero-order valence-electron chi connectivity index (χ0n) is 15.7. The van der Waals surface area contributed by atoms with Crippen molar-refractivity contribution in [2.24, 2.45) is 5.92 Å². The first kappa shape index (κ1) is 20.0. The van der Waals surface area contributed by atoms with Gasteiger partial charge in [0.15, 0.2) is 0 Å². The van der Waals surface area contributed by atoms with Crippen LogP contribution in [0.4, 0.5) is 18.9 Å². The molecule has 2 fully saturated rings. The van der Waals surface area contributed by atoms with E-state index >= 15 is 0 Å². The Labute approximate surface area is 158 Å². The standard InChI is InChI=1S/C20H28F3N3O/c1-25-19(27)18(14-9-8-13(12-16(14)24)20(21,22)23)15-6-2-3-7-17(15)26-10-4-5-11-26/h8-9,12,15,17-18H,2-7,10-11,24H2,1H3,(H,25,27)/t15-,17-,18?/m1/s1. The number of hydrogen-bond acceptors (Lipinski definition) is 3. The molecule has 1 unspecified atom stereocenters. The lowest BCUT2D eigenvalue weighted by Crippen LogP contribution is -2.46. The third kappa shape index (κ3) is 4.23. The highest BCUT2D eigenvalue weighted by atomic mass is 19.4. The third-order valence-corrected chi connectivity index (χ3v) is 6.10. The van der Waals surface area contributed by atoms with Crippen LogP contribution in [0.25, 0.3) is 0 Å². The highest BCUT2D eigenvalue weighted by Crippen LogP contribution is 2.42. The molecular formula is C20H28F3N3O. The van der Waals surface area contributed by atoms with Gasteiger partial charge < -0.3 is 16.0 Å². The van der Waals surface area contributed by atoms with Crippen LogP contribution >= 0.6 is 0 Å². The predicted octanol–water partition coefficient (Wildman–Crippen LogP) is 3.77. The minimum Gasteiger partial charge on any atom is -0.398 e. The van der Waals surface area contributed by atoms with Gasteiger partial charge in [-0.15, -0.1) is 0 Å². The van der Waals surface area contributed by atoms with Crippen molar-refractivity contribution < 1.29 is 18.0 Å². The van der Waals surface area contributed by atoms with E-state index in [0.717, 1.165) is 63.7 Å². The number of nitrogens with two attached hydrogens (primary N) is 1. The summed E-state index contributed by atoms with van der Waals surface area (Å²) in [7, 11) is 1.57. The lowest BCUT2D eigenvalue weighted by molar-refractivity contribution is -0.137. The highest BCUT2D eigenvalue weighted by Gasteiger charge is 2.41. The molecule has 150 valence electrons. The van der Waals surface area contributed by atoms with Gasteiger partial charge >= 0.3 is 6.18 Å². The second-order valence-corrected chi connectivity index (χ2v) is 7.69. The smallest absolute Gasteiger partial charge is 0.398 e. The Kier molecular flexibility index (Phi) is 5.99. The van der Waals surface area contributed by atoms with Crippen molar-refractivity contribution in [3.05, 3.63) is 29.3 Å². The van der Waals surface area contributed by atoms with Gasteiger partial charge in [-0.3, -0.25) is 4.79 Å². The van der Waals surface area contributed by atoms with E-state index in [1.54, 1.807) is 7.05 Å². The molecule has 3 N–H and O–H groups in total. The molecule has 1 aromatic rings. The monoisotopic (exact) mass is 383 g/mol. The normalized spacial score (nSPS) is 25.3. The maximum Gasteiger partial charge on any atom is 0.416 e. The Balaban J connectivity index is 1.97. The number of carbonyl (C=O) groups is 1. The quantitative estimate of drug-likeness (QED) is 0.778. The average molecular weight is 383 g/mol. The molecule has 1 amide bonds. The number of hydrogen-bond donors (Lipinski definition) is 2. The van der Waals surface area contributed by atoms with Gasteiger partial charge in [0.25, 0.3) is 0 Å². The van der Waals surface area contributed by atoms with Crippen LogP contribution in [0.3, 0.4) is 0 Å². The first-order valence-corrected chi connectivity index (χ1v) is 9.75. The lowest BCUT2D eigenvalue weighted by Gasteiger charge is -2.41. The van der Waals surface area contributed by atoms with Crippen LogP contribution < -0.4 is 11.1 Å². The highest BCUT2D eigenvalue weighted by molar-refractivity contribution is 5.85. The summed E-state index contributed by atoms with van der Waals surface area (Å²) < 4.78 is 39.0. The van der Waals surface area contributed by atoms with Crippen LogP contribution in [0.1, 0.15) is 55.6 Å². The first-order valence-electron chi connectivity index (χ1n) is 9.75. The van der Waals surface area contributed by atoms with Gasteiger partial charge in [-0.2, -0.15) is 13.2 Å². The summed E-state index contributed by atoms with van der Waals surface area (Å²) >= 11 is 0. The van der Waals surface area contributed by atoms with Crippen molar-refractivity contribution in [1.82, 2.24) is 10.2 Å². The van der Waals surface area contributed by atoms with Gasteiger partial charge in [0.05, 0.1) is 11.5 Å². The van der Waals surface area contributed by atoms with Crippen LogP contribution in [0.5, 0.6) is 0 Å². The van der Waals surface area contributed by atoms with Crippen LogP contribution in [0.2, 0.25) is 0 Å². The summed E-state index contributed by atoms with van der Waals surface area (Å²) in [6.45, 7) is 2.06. The predicted molar refractivity (Wildman–Crippen MR) is 99.2 cm³/mol. The minimum atomic E-state index is -4.45. The molecule has 3 rings (SSSR count). The summed E-state index contributed by atoms with van der Waals surface area (Å²) in [5.41, 5.74) is 5.80. The second kappa shape index (κ2) is 8.09. The summed E-state index contributed by atoms with van der Waals surface area (Å²) in [6, 6.07) is 3.67. The Morgan fingerprint density at radius 1 is 1.19 bits per heavy atom. The summed E-state index contributed by atoms with van der Waals surface area (Å²) in [6.07, 6.45) is 1.95. The number of alkyl halides is 3. The van der Waals surface area contributed by atoms with Gasteiger partial charge in [0, 0.05) is 18.8 Å². The number of likely N-dealkylation sites (N-methyl/N-ethyl adjacent to an activating group) is 1. The molecule has 0 spiro atoms. The molecule has 0 bridgehead atoms. The van der Waals surface area contributed by atoms with E-state index in [1.165, 1.54) is 6.07 Å². The molecule has 4 nitrogen and oxygen atoms in total. The molecule has 1 saturated carbocycles. The zero-order valence-corrected chi connectivity index (χ0v) is 15.7. The summed E-state index contributed by atoms with van der Waals surface area (Å²) in [5.74, 6) is -0.628. The minimum absolute atomic E-state index is 0.0455. The number of rotatable bonds is 4. The SMILES string of the molecule is CNC(=O)C(c1ccc(C(F)(F)F)cc1N)[C@@H]1CCCC[C@H]1N1CCCC1. The van der Waals surface area contributed by atoms with E-state index in [9.17, 15) is 18.0 Å². The van der Waals surface area contributed by atoms with Gasteiger partial charge in [0.1, 0.15) is 0 Å². The Bertz CT molecular complexity index is 671. The molecule has 1 aliphatic carbocycles. The van der Waals surface area contributed by atoms with Crippen LogP contribution in [-0.2, 0) is 11.0 Å². The number of amides is 1. The van der Waals surface area contributed by atoms with Crippen LogP contribution in [0, 0.1) is 5.92 Å². The summed E-state index contributed by atoms with van der Waals surface area (Å²) in [5, 5.41) is 2.71. The Hall–Kier alpha value is -1.76. The maximum atomic E-state index is 13.0. The number of nitrogens with zero attached hydrogens (tertiary/aromatic N) is 1. The van der Waals surface area contributed by atoms with Crippen molar-refractivity contribution in [3.8, 4) is 0 Å². The van der Waals surface area contributed by atoms with E-state index < -0.39 is 17.7 Å². The number of carbonyl (C=O) groups excluding carboxylic acids is 1. The molecule has 1 heterocycles. The van der Waals surface area contributed by atoms with E-state index in [-0.39, 0.29) is 23.6 Å². The van der Waals surface area contributed by atoms with Crippen molar-refractivity contribution in [3.63, 3.8) is 0 Å². The van der Waals surface area contributed by atoms with Gasteiger partial charge in [-0.1, -0.05) is 18.9 Å². The van der Waals surface area contributed by atoms with Gasteiger partial charge in [0.2, 0.25) is 5.91 Å². The first-order chi connectivity index (χ1) is 12.8. The lowest BCUT2D eigenvalue weighted by atomic mass is 9.72. The largest absolute Gasteiger partial charge is 0.416 e. The van der Waals surface area contributed by atoms with Crippen molar-refractivity contribution in [2.45, 2.75) is 56.7 Å². The molecule has 1 saturated heterocycles. The number of anilines is 1. The van der Waals surface area contributed by atoms with Gasteiger partial charge in [-0.05, 0) is 62.4 Å². The van der Waals surface area contributed by atoms with Crippen molar-refractivity contribution >= 4 is 11.6 Å². The maximum absolute atomic E-state index is 13.0. The average Bonchev–Trinajstić information content (AvgIpc) is 3.17. The van der Waals surface area contributed by atoms with Crippen molar-refractivity contribution in [2.75, 3.05) is 25.9 Å². The van der Waals surface area contributed by atoms with E-state index in [2.05, 4.69) is 10.2 Å². The van der Waals surface area contributed by atoms with E-state index in [4.69, 9.17) is 5.73 Å². The molecule has 0 radical (unpaired) electrons. The third-order valence-electron chi connectivity index (χ3n) is 6.10. The van der Waals surface area contributed by atoms with Crippen LogP contribution in [0.15, 0.2) is 18.2 Å². The van der Waals surface area contributed by atoms with E-state index in [1.807, 2.05) is 0 Å². The molecule has 1 aliphatic heterocycles. The van der Waals surface area contributed by atoms with Crippen molar-refractivity contribution in [1.29, 1.82) is 0 Å². The molecule has 27 heavy (non-hydrogen) atoms. The number of likely N-dealkylation sites (tertiary alicyclic amines) is 1. The number of halogens is 3. The fraction of sp³-hybridized carbons (Fsp3) is 0.650. The molecule has 2 aliphatic rings. The topological polar surface area (TPSA) is 58.4 Å². The molecule has 0 aromatic heterocycles. The number of benzene rings is 1. The van der Waals surface area contributed by atoms with Crippen LogP contribution in [-0.4, -0.2) is 37.0 Å². The molecule has 1 aromatic carbocycles. The number of nitrogen functional groups attached to an aromatic ring is 1. The fourth-order valence-electron chi connectivity index (χ4n) is 4.81. The second-order valence-electron chi connectivity index (χ2n) is 7.69. The molecule has 3 atom stereocenters. The Morgan fingerprint density at radius 3 is 2.44 bits per heavy atom. The number of nitrogens with one attached hydrogen (secondary N) is 1. The Morgan fingerprint density at radius 2 is 1.85 bits per heavy atom. The summed E-state index contributed by atoms with van der Waals surface area (Å²) in [4.78, 5) is 15.3. The van der Waals surface area contributed by atoms with E-state index in [0.29, 0.717) is 5.56 Å². The van der Waals surface area contributed by atoms with Gasteiger partial charge in [-0.25, -0.2) is 0 Å². The molecular weight excluding hydrogens is 355 g/mol.